The predicted octanol–water partition coefficient (Wildman–Crippen LogP) is 6.61. The average molecular weight is 385 g/mol. The van der Waals surface area contributed by atoms with Gasteiger partial charge in [-0.05, 0) is 55.6 Å². The zero-order valence-corrected chi connectivity index (χ0v) is 18.1. The molecular weight excluding hydrogens is 344 g/mol. The van der Waals surface area contributed by atoms with Gasteiger partial charge in [0.25, 0.3) is 0 Å². The number of carbonyl (C=O) groups excluding carboxylic acids is 1. The van der Waals surface area contributed by atoms with Crippen molar-refractivity contribution in [2.75, 3.05) is 7.05 Å². The van der Waals surface area contributed by atoms with Crippen molar-refractivity contribution < 1.29 is 4.79 Å². The molecule has 2 atom stereocenters. The summed E-state index contributed by atoms with van der Waals surface area (Å²) in [5, 5.41) is 3.13. The Kier molecular flexibility index (Phi) is 14.7. The predicted molar refractivity (Wildman–Crippen MR) is 122 cm³/mol. The molecule has 0 bridgehead atoms. The summed E-state index contributed by atoms with van der Waals surface area (Å²) in [7, 11) is 1.90. The molecule has 2 unspecified atom stereocenters. The lowest BCUT2D eigenvalue weighted by Crippen LogP contribution is -2.14. The second-order valence-electron chi connectivity index (χ2n) is 7.65. The highest BCUT2D eigenvalue weighted by molar-refractivity contribution is 5.44. The van der Waals surface area contributed by atoms with Crippen LogP contribution in [0.4, 0.5) is 0 Å². The van der Waals surface area contributed by atoms with Crippen molar-refractivity contribution in [3.8, 4) is 0 Å². The van der Waals surface area contributed by atoms with Crippen LogP contribution in [-0.2, 0) is 4.79 Å². The van der Waals surface area contributed by atoms with E-state index in [4.69, 9.17) is 0 Å². The van der Waals surface area contributed by atoms with E-state index in [2.05, 4.69) is 68.2 Å². The third kappa shape index (κ3) is 12.3. The van der Waals surface area contributed by atoms with Gasteiger partial charge in [0.2, 0.25) is 0 Å². The second-order valence-corrected chi connectivity index (χ2v) is 7.65. The molecule has 1 aliphatic carbocycles. The smallest absolute Gasteiger partial charge is 0.120 e. The van der Waals surface area contributed by atoms with Crippen LogP contribution in [0.1, 0.15) is 70.3 Å². The van der Waals surface area contributed by atoms with E-state index in [0.717, 1.165) is 43.7 Å². The summed E-state index contributed by atoms with van der Waals surface area (Å²) in [6.07, 6.45) is 13.9. The van der Waals surface area contributed by atoms with Crippen LogP contribution in [0, 0.1) is 11.8 Å². The zero-order valence-electron chi connectivity index (χ0n) is 18.1. The van der Waals surface area contributed by atoms with Gasteiger partial charge < -0.3 is 11.5 Å². The van der Waals surface area contributed by atoms with Crippen molar-refractivity contribution >= 4 is 5.94 Å². The Labute approximate surface area is 172 Å². The SMILES string of the molecule is C=C(NC)C(C/C=C/CCC(C)c1ccccc1)CCC=C=O.CC1CC1.N. The maximum atomic E-state index is 10.3. The molecule has 28 heavy (non-hydrogen) atoms. The average Bonchev–Trinajstić information content (AvgIpc) is 3.49. The molecule has 0 amide bonds. The quantitative estimate of drug-likeness (QED) is 0.333. The molecule has 3 heteroatoms. The lowest BCUT2D eigenvalue weighted by molar-refractivity contribution is 0.541. The first-order chi connectivity index (χ1) is 13.1. The third-order valence-corrected chi connectivity index (χ3v) is 5.14. The normalized spacial score (nSPS) is 14.7. The topological polar surface area (TPSA) is 64.1 Å². The molecule has 1 aromatic carbocycles. The first-order valence-corrected chi connectivity index (χ1v) is 10.3. The van der Waals surface area contributed by atoms with Crippen LogP contribution in [0.15, 0.2) is 60.8 Å². The van der Waals surface area contributed by atoms with E-state index in [1.54, 1.807) is 6.08 Å². The highest BCUT2D eigenvalue weighted by Gasteiger charge is 2.12. The van der Waals surface area contributed by atoms with Crippen LogP contribution < -0.4 is 11.5 Å². The molecule has 1 aliphatic rings. The molecule has 0 saturated heterocycles. The Hall–Kier alpha value is -2.09. The molecule has 0 radical (unpaired) electrons. The van der Waals surface area contributed by atoms with Gasteiger partial charge in [-0.2, -0.15) is 0 Å². The summed E-state index contributed by atoms with van der Waals surface area (Å²) in [6, 6.07) is 10.7. The molecule has 156 valence electrons. The fraction of sp³-hybridized carbons (Fsp3) is 0.520. The monoisotopic (exact) mass is 384 g/mol. The lowest BCUT2D eigenvalue weighted by atomic mass is 9.94. The summed E-state index contributed by atoms with van der Waals surface area (Å²) in [6.45, 7) is 8.62. The molecule has 1 saturated carbocycles. The van der Waals surface area contributed by atoms with E-state index in [1.165, 1.54) is 18.4 Å². The first kappa shape index (κ1) is 25.9. The van der Waals surface area contributed by atoms with E-state index in [1.807, 2.05) is 13.0 Å². The largest absolute Gasteiger partial charge is 0.392 e. The standard InChI is InChI=1S/C21H29NO.C4H8.H3N/c1-18(20-13-7-5-8-14-20)12-6-4-9-15-21(19(2)22-3)16-10-11-17-23;1-4-2-3-4;/h4-5,7-9,11,13-14,18,21-22H,2,6,10,12,15-16H2,1,3H3;4H,2-3H2,1H3;1H3/b9-4+;;. The Morgan fingerprint density at radius 2 is 1.86 bits per heavy atom. The van der Waals surface area contributed by atoms with Crippen LogP contribution in [0.3, 0.4) is 0 Å². The summed E-state index contributed by atoms with van der Waals surface area (Å²) in [5.74, 6) is 3.88. The Morgan fingerprint density at radius 3 is 2.39 bits per heavy atom. The van der Waals surface area contributed by atoms with Gasteiger partial charge in [0.15, 0.2) is 0 Å². The van der Waals surface area contributed by atoms with Gasteiger partial charge in [0.1, 0.15) is 5.94 Å². The third-order valence-electron chi connectivity index (χ3n) is 5.14. The lowest BCUT2D eigenvalue weighted by Gasteiger charge is -2.16. The van der Waals surface area contributed by atoms with Crippen LogP contribution >= 0.6 is 0 Å². The minimum Gasteiger partial charge on any atom is -0.392 e. The molecule has 4 N–H and O–H groups in total. The van der Waals surface area contributed by atoms with Gasteiger partial charge in [-0.3, -0.25) is 0 Å². The Balaban J connectivity index is 0.00000129. The summed E-state index contributed by atoms with van der Waals surface area (Å²) in [5.41, 5.74) is 2.44. The number of benzene rings is 1. The molecular formula is C25H40N2O. The van der Waals surface area contributed by atoms with Crippen molar-refractivity contribution in [3.05, 3.63) is 66.4 Å². The van der Waals surface area contributed by atoms with Crippen molar-refractivity contribution in [1.82, 2.24) is 11.5 Å². The molecule has 0 heterocycles. The summed E-state index contributed by atoms with van der Waals surface area (Å²) < 4.78 is 0. The fourth-order valence-corrected chi connectivity index (χ4v) is 2.82. The number of hydrogen-bond acceptors (Lipinski definition) is 3. The molecule has 0 spiro atoms. The van der Waals surface area contributed by atoms with Gasteiger partial charge in [-0.15, -0.1) is 0 Å². The van der Waals surface area contributed by atoms with Crippen molar-refractivity contribution in [3.63, 3.8) is 0 Å². The van der Waals surface area contributed by atoms with E-state index in [-0.39, 0.29) is 6.15 Å². The maximum Gasteiger partial charge on any atom is 0.120 e. The van der Waals surface area contributed by atoms with E-state index < -0.39 is 0 Å². The van der Waals surface area contributed by atoms with Gasteiger partial charge in [0.05, 0.1) is 0 Å². The molecule has 1 fully saturated rings. The Bertz CT molecular complexity index is 598. The summed E-state index contributed by atoms with van der Waals surface area (Å²) >= 11 is 0. The highest BCUT2D eigenvalue weighted by Crippen LogP contribution is 2.26. The van der Waals surface area contributed by atoms with Crippen LogP contribution in [0.2, 0.25) is 0 Å². The van der Waals surface area contributed by atoms with E-state index in [9.17, 15) is 4.79 Å². The van der Waals surface area contributed by atoms with Crippen LogP contribution in [-0.4, -0.2) is 13.0 Å². The minimum absolute atomic E-state index is 0. The summed E-state index contributed by atoms with van der Waals surface area (Å²) in [4.78, 5) is 10.3. The Morgan fingerprint density at radius 1 is 1.21 bits per heavy atom. The maximum absolute atomic E-state index is 10.3. The highest BCUT2D eigenvalue weighted by atomic mass is 16.1. The second kappa shape index (κ2) is 15.9. The van der Waals surface area contributed by atoms with Crippen LogP contribution in [0.25, 0.3) is 0 Å². The van der Waals surface area contributed by atoms with E-state index >= 15 is 0 Å². The fourth-order valence-electron chi connectivity index (χ4n) is 2.82. The first-order valence-electron chi connectivity index (χ1n) is 10.3. The molecule has 0 aliphatic heterocycles. The molecule has 0 aromatic heterocycles. The zero-order chi connectivity index (χ0) is 19.9. The molecule has 2 rings (SSSR count). The van der Waals surface area contributed by atoms with Gasteiger partial charge in [0, 0.05) is 18.7 Å². The number of rotatable bonds is 11. The molecule has 1 aromatic rings. The number of nitrogens with one attached hydrogen (secondary N) is 1. The van der Waals surface area contributed by atoms with Gasteiger partial charge >= 0.3 is 0 Å². The van der Waals surface area contributed by atoms with Crippen molar-refractivity contribution in [1.29, 1.82) is 0 Å². The van der Waals surface area contributed by atoms with Gasteiger partial charge in [-0.25, -0.2) is 4.79 Å². The van der Waals surface area contributed by atoms with Crippen molar-refractivity contribution in [2.24, 2.45) is 11.8 Å². The van der Waals surface area contributed by atoms with Crippen LogP contribution in [0.5, 0.6) is 0 Å². The van der Waals surface area contributed by atoms with E-state index in [0.29, 0.717) is 11.8 Å². The van der Waals surface area contributed by atoms with Crippen molar-refractivity contribution in [2.45, 2.75) is 64.7 Å². The minimum atomic E-state index is 0. The number of hydrogen-bond donors (Lipinski definition) is 2. The molecule has 3 nitrogen and oxygen atoms in total. The number of allylic oxidation sites excluding steroid dienone is 4. The van der Waals surface area contributed by atoms with Gasteiger partial charge in [-0.1, -0.05) is 75.8 Å².